The molecule has 0 saturated carbocycles. The molecule has 7 nitrogen and oxygen atoms in total. The molecule has 1 aromatic heterocycles. The fraction of sp³-hybridized carbons (Fsp3) is 0.588. The van der Waals surface area contributed by atoms with Crippen LogP contribution in [0.5, 0.6) is 0 Å². The van der Waals surface area contributed by atoms with Gasteiger partial charge in [-0.25, -0.2) is 0 Å². The number of primary amides is 2. The lowest BCUT2D eigenvalue weighted by Gasteiger charge is -2.41. The largest absolute Gasteiger partial charge is 0.369 e. The van der Waals surface area contributed by atoms with Crippen molar-refractivity contribution < 1.29 is 19.1 Å². The third-order valence-corrected chi connectivity index (χ3v) is 6.27. The summed E-state index contributed by atoms with van der Waals surface area (Å²) < 4.78 is 6.17. The molecule has 0 bridgehead atoms. The molecule has 2 aliphatic heterocycles. The van der Waals surface area contributed by atoms with E-state index in [0.29, 0.717) is 30.0 Å². The second-order valence-corrected chi connectivity index (χ2v) is 8.74. The Balaban J connectivity index is 2.14. The Morgan fingerprint density at radius 3 is 2.40 bits per heavy atom. The second-order valence-electron chi connectivity index (χ2n) is 7.74. The molecule has 1 saturated heterocycles. The number of ether oxygens (including phenoxy) is 1. The summed E-state index contributed by atoms with van der Waals surface area (Å²) in [6.07, 6.45) is 0.877. The van der Waals surface area contributed by atoms with E-state index < -0.39 is 28.9 Å². The molecule has 1 fully saturated rings. The van der Waals surface area contributed by atoms with E-state index in [4.69, 9.17) is 16.2 Å². The van der Waals surface area contributed by atoms with E-state index in [-0.39, 0.29) is 5.91 Å². The maximum Gasteiger partial charge on any atom is 0.252 e. The van der Waals surface area contributed by atoms with Crippen molar-refractivity contribution in [1.29, 1.82) is 0 Å². The van der Waals surface area contributed by atoms with Gasteiger partial charge in [0.2, 0.25) is 11.8 Å². The first-order valence-electron chi connectivity index (χ1n) is 8.21. The van der Waals surface area contributed by atoms with E-state index in [9.17, 15) is 14.4 Å². The highest BCUT2D eigenvalue weighted by Gasteiger charge is 2.45. The van der Waals surface area contributed by atoms with Crippen LogP contribution in [-0.4, -0.2) is 29.9 Å². The maximum atomic E-state index is 12.6. The molecule has 1 atom stereocenters. The lowest BCUT2D eigenvalue weighted by molar-refractivity contribution is -0.136. The van der Waals surface area contributed by atoms with Crippen LogP contribution in [0.2, 0.25) is 0 Å². The minimum atomic E-state index is -0.847. The Kier molecular flexibility index (Phi) is 3.96. The molecule has 0 spiro atoms. The quantitative estimate of drug-likeness (QED) is 0.785. The molecule has 8 heteroatoms. The van der Waals surface area contributed by atoms with Gasteiger partial charge in [-0.15, -0.1) is 11.3 Å². The average molecular weight is 365 g/mol. The zero-order valence-electron chi connectivity index (χ0n) is 14.8. The number of anilines is 1. The van der Waals surface area contributed by atoms with E-state index in [2.05, 4.69) is 0 Å². The summed E-state index contributed by atoms with van der Waals surface area (Å²) >= 11 is 1.34. The Bertz CT molecular complexity index is 781. The van der Waals surface area contributed by atoms with E-state index in [1.807, 2.05) is 27.7 Å². The smallest absolute Gasteiger partial charge is 0.252 e. The van der Waals surface area contributed by atoms with Gasteiger partial charge in [0, 0.05) is 17.8 Å². The summed E-state index contributed by atoms with van der Waals surface area (Å²) in [5.41, 5.74) is 11.1. The van der Waals surface area contributed by atoms with Crippen LogP contribution in [-0.2, 0) is 26.3 Å². The first-order valence-corrected chi connectivity index (χ1v) is 9.03. The summed E-state index contributed by atoms with van der Waals surface area (Å²) in [7, 11) is 0. The summed E-state index contributed by atoms with van der Waals surface area (Å²) in [5, 5.41) is 0.501. The Morgan fingerprint density at radius 2 is 1.88 bits per heavy atom. The van der Waals surface area contributed by atoms with Crippen LogP contribution in [0.25, 0.3) is 0 Å². The van der Waals surface area contributed by atoms with Crippen molar-refractivity contribution in [3.8, 4) is 0 Å². The first-order chi connectivity index (χ1) is 11.4. The minimum absolute atomic E-state index is 0.344. The Hall–Kier alpha value is -1.93. The summed E-state index contributed by atoms with van der Waals surface area (Å²) in [4.78, 5) is 38.6. The summed E-state index contributed by atoms with van der Waals surface area (Å²) in [5.74, 6) is -2.43. The van der Waals surface area contributed by atoms with Crippen molar-refractivity contribution >= 4 is 34.1 Å². The van der Waals surface area contributed by atoms with Crippen molar-refractivity contribution in [1.82, 2.24) is 0 Å². The normalized spacial score (nSPS) is 24.2. The molecule has 4 N–H and O–H groups in total. The van der Waals surface area contributed by atoms with E-state index in [1.54, 1.807) is 0 Å². The fourth-order valence-corrected chi connectivity index (χ4v) is 5.29. The molecule has 3 heterocycles. The van der Waals surface area contributed by atoms with Crippen LogP contribution in [0.3, 0.4) is 0 Å². The molecule has 0 aromatic carbocycles. The Labute approximate surface area is 150 Å². The zero-order valence-corrected chi connectivity index (χ0v) is 15.7. The van der Waals surface area contributed by atoms with Gasteiger partial charge in [0.15, 0.2) is 0 Å². The number of rotatable bonds is 3. The van der Waals surface area contributed by atoms with Crippen molar-refractivity contribution in [2.75, 3.05) is 11.4 Å². The van der Waals surface area contributed by atoms with Crippen LogP contribution in [0.15, 0.2) is 0 Å². The van der Waals surface area contributed by atoms with Crippen LogP contribution in [0.4, 0.5) is 5.00 Å². The number of hydrogen-bond acceptors (Lipinski definition) is 5. The summed E-state index contributed by atoms with van der Waals surface area (Å²) in [6.45, 7) is 8.15. The highest BCUT2D eigenvalue weighted by molar-refractivity contribution is 7.17. The fourth-order valence-electron chi connectivity index (χ4n) is 3.90. The van der Waals surface area contributed by atoms with Gasteiger partial charge < -0.3 is 21.1 Å². The van der Waals surface area contributed by atoms with Gasteiger partial charge in [0.1, 0.15) is 10.9 Å². The average Bonchev–Trinajstić information content (AvgIpc) is 2.97. The van der Waals surface area contributed by atoms with E-state index >= 15 is 0 Å². The molecule has 0 radical (unpaired) electrons. The standard InChI is InChI=1S/C17H23N3O4S/c1-16(2)7-9-10(13(19)22)15(25-11(9)17(3,4)24-16)20-6-5-8(12(18)21)14(20)23/h8H,5-7H2,1-4H3,(H2,18,21)(H2,19,22). The maximum absolute atomic E-state index is 12.6. The second kappa shape index (κ2) is 5.54. The molecule has 3 amide bonds. The highest BCUT2D eigenvalue weighted by atomic mass is 32.1. The van der Waals surface area contributed by atoms with Gasteiger partial charge in [-0.2, -0.15) is 0 Å². The molecule has 1 unspecified atom stereocenters. The number of nitrogens with zero attached hydrogens (tertiary/aromatic N) is 1. The lowest BCUT2D eigenvalue weighted by atomic mass is 9.86. The monoisotopic (exact) mass is 365 g/mol. The molecular formula is C17H23N3O4S. The number of fused-ring (bicyclic) bond motifs is 1. The van der Waals surface area contributed by atoms with Crippen LogP contribution >= 0.6 is 11.3 Å². The predicted molar refractivity (Wildman–Crippen MR) is 94.4 cm³/mol. The number of hydrogen-bond donors (Lipinski definition) is 2. The van der Waals surface area contributed by atoms with Gasteiger partial charge in [0.05, 0.1) is 16.8 Å². The zero-order chi connectivity index (χ0) is 18.7. The first kappa shape index (κ1) is 17.9. The highest BCUT2D eigenvalue weighted by Crippen LogP contribution is 2.49. The third kappa shape index (κ3) is 2.83. The SMILES string of the molecule is CC1(C)Cc2c(sc(N3CCC(C(N)=O)C3=O)c2C(N)=O)C(C)(C)O1. The minimum Gasteiger partial charge on any atom is -0.369 e. The number of nitrogens with two attached hydrogens (primary N) is 2. The van der Waals surface area contributed by atoms with E-state index in [0.717, 1.165) is 10.4 Å². The number of amides is 3. The predicted octanol–water partition coefficient (Wildman–Crippen LogP) is 1.27. The van der Waals surface area contributed by atoms with Gasteiger partial charge in [-0.3, -0.25) is 14.4 Å². The van der Waals surface area contributed by atoms with Gasteiger partial charge in [0.25, 0.3) is 5.91 Å². The van der Waals surface area contributed by atoms with Gasteiger partial charge in [-0.1, -0.05) is 0 Å². The van der Waals surface area contributed by atoms with Crippen LogP contribution in [0.1, 0.15) is 54.9 Å². The van der Waals surface area contributed by atoms with Gasteiger partial charge >= 0.3 is 0 Å². The third-order valence-electron chi connectivity index (χ3n) is 4.71. The van der Waals surface area contributed by atoms with Crippen molar-refractivity contribution in [2.45, 2.75) is 51.7 Å². The van der Waals surface area contributed by atoms with Crippen LogP contribution < -0.4 is 16.4 Å². The van der Waals surface area contributed by atoms with Gasteiger partial charge in [-0.05, 0) is 39.7 Å². The summed E-state index contributed by atoms with van der Waals surface area (Å²) in [6, 6.07) is 0. The number of carbonyl (C=O) groups excluding carboxylic acids is 3. The van der Waals surface area contributed by atoms with Crippen molar-refractivity contribution in [2.24, 2.45) is 17.4 Å². The lowest BCUT2D eigenvalue weighted by Crippen LogP contribution is -2.42. The molecular weight excluding hydrogens is 342 g/mol. The van der Waals surface area contributed by atoms with Crippen LogP contribution in [0, 0.1) is 5.92 Å². The van der Waals surface area contributed by atoms with Crippen molar-refractivity contribution in [3.05, 3.63) is 16.0 Å². The molecule has 1 aromatic rings. The molecule has 3 rings (SSSR count). The number of thiophene rings is 1. The topological polar surface area (TPSA) is 116 Å². The molecule has 2 aliphatic rings. The molecule has 136 valence electrons. The molecule has 25 heavy (non-hydrogen) atoms. The number of carbonyl (C=O) groups is 3. The molecule has 0 aliphatic carbocycles. The van der Waals surface area contributed by atoms with Crippen molar-refractivity contribution in [3.63, 3.8) is 0 Å². The Morgan fingerprint density at radius 1 is 1.24 bits per heavy atom. The van der Waals surface area contributed by atoms with E-state index in [1.165, 1.54) is 16.2 Å².